The molecule has 1 atom stereocenters. The zero-order chi connectivity index (χ0) is 20.7. The first-order valence-corrected chi connectivity index (χ1v) is 10.3. The number of H-pyrrole nitrogens is 1. The van der Waals surface area contributed by atoms with Gasteiger partial charge in [-0.15, -0.1) is 0 Å². The maximum absolute atomic E-state index is 13.3. The molecule has 1 saturated heterocycles. The highest BCUT2D eigenvalue weighted by molar-refractivity contribution is 5.91. The van der Waals surface area contributed by atoms with Crippen LogP contribution in [0.1, 0.15) is 30.4 Å². The number of rotatable bonds is 3. The molecule has 2 aliphatic heterocycles. The zero-order valence-corrected chi connectivity index (χ0v) is 16.4. The van der Waals surface area contributed by atoms with Crippen LogP contribution in [0.4, 0.5) is 13.2 Å². The van der Waals surface area contributed by atoms with Gasteiger partial charge < -0.3 is 4.98 Å². The van der Waals surface area contributed by atoms with Gasteiger partial charge in [0.1, 0.15) is 0 Å². The lowest BCUT2D eigenvalue weighted by molar-refractivity contribution is -0.137. The van der Waals surface area contributed by atoms with Crippen molar-refractivity contribution in [2.45, 2.75) is 31.5 Å². The van der Waals surface area contributed by atoms with Gasteiger partial charge >= 0.3 is 6.18 Å². The highest BCUT2D eigenvalue weighted by Gasteiger charge is 2.31. The van der Waals surface area contributed by atoms with Crippen molar-refractivity contribution in [3.05, 3.63) is 72.2 Å². The Labute approximate surface area is 173 Å². The molecule has 3 nitrogen and oxygen atoms in total. The fourth-order valence-electron chi connectivity index (χ4n) is 4.70. The van der Waals surface area contributed by atoms with E-state index in [2.05, 4.69) is 20.9 Å². The molecule has 3 aromatic rings. The summed E-state index contributed by atoms with van der Waals surface area (Å²) in [5.74, 6) is 0. The van der Waals surface area contributed by atoms with E-state index in [-0.39, 0.29) is 0 Å². The molecular weight excluding hydrogens is 387 g/mol. The van der Waals surface area contributed by atoms with Crippen LogP contribution in [0.2, 0.25) is 0 Å². The molecule has 2 aliphatic rings. The van der Waals surface area contributed by atoms with Crippen molar-refractivity contribution in [3.8, 4) is 22.4 Å². The molecule has 1 N–H and O–H groups in total. The third kappa shape index (κ3) is 3.45. The number of pyridine rings is 1. The predicted octanol–water partition coefficient (Wildman–Crippen LogP) is 6.01. The lowest BCUT2D eigenvalue weighted by atomic mass is 9.90. The Bertz CT molecular complexity index is 1080. The second kappa shape index (κ2) is 7.43. The van der Waals surface area contributed by atoms with Gasteiger partial charge in [-0.3, -0.25) is 9.88 Å². The minimum Gasteiger partial charge on any atom is -0.360 e. The molecular formula is C24H22F3N3. The standard InChI is InChI=1S/C24H22F3N3/c25-24(26,27)19-4-1-3-18(13-19)23-22(16-6-9-28-10-7-16)21(15-29-23)17-8-12-30-11-2-5-20(30)14-17/h1,3-4,6-7,9-10,13-15,20,29H,2,5,8,11-12H2/t20-/m0/s1. The Balaban J connectivity index is 1.65. The predicted molar refractivity (Wildman–Crippen MR) is 112 cm³/mol. The Morgan fingerprint density at radius 1 is 1.03 bits per heavy atom. The molecule has 0 aliphatic carbocycles. The summed E-state index contributed by atoms with van der Waals surface area (Å²) in [4.78, 5) is 9.90. The first-order chi connectivity index (χ1) is 14.5. The van der Waals surface area contributed by atoms with Crippen LogP contribution in [0.3, 0.4) is 0 Å². The molecule has 6 heteroatoms. The normalized spacial score (nSPS) is 19.6. The SMILES string of the molecule is FC(F)(F)c1cccc(-c2[nH]cc(C3=C[C@@H]4CCCN4CC3)c2-c2ccncc2)c1. The number of benzene rings is 1. The van der Waals surface area contributed by atoms with E-state index >= 15 is 0 Å². The summed E-state index contributed by atoms with van der Waals surface area (Å²) < 4.78 is 39.9. The third-order valence-corrected chi connectivity index (χ3v) is 6.15. The quantitative estimate of drug-likeness (QED) is 0.574. The number of aromatic amines is 1. The second-order valence-corrected chi connectivity index (χ2v) is 7.95. The molecule has 1 fully saturated rings. The lowest BCUT2D eigenvalue weighted by Gasteiger charge is -2.28. The van der Waals surface area contributed by atoms with Crippen molar-refractivity contribution >= 4 is 5.57 Å². The number of hydrogen-bond acceptors (Lipinski definition) is 2. The number of nitrogens with zero attached hydrogens (tertiary/aromatic N) is 2. The summed E-state index contributed by atoms with van der Waals surface area (Å²) in [6.45, 7) is 2.17. The molecule has 0 amide bonds. The Hall–Kier alpha value is -2.86. The number of fused-ring (bicyclic) bond motifs is 1. The van der Waals surface area contributed by atoms with Crippen molar-refractivity contribution in [2.75, 3.05) is 13.1 Å². The van der Waals surface area contributed by atoms with Gasteiger partial charge in [0, 0.05) is 42.3 Å². The van der Waals surface area contributed by atoms with E-state index in [1.807, 2.05) is 18.3 Å². The van der Waals surface area contributed by atoms with Gasteiger partial charge in [-0.1, -0.05) is 18.2 Å². The summed E-state index contributed by atoms with van der Waals surface area (Å²) in [6.07, 6.45) is 6.68. The first kappa shape index (κ1) is 19.1. The molecule has 0 unspecified atom stereocenters. The van der Waals surface area contributed by atoms with Gasteiger partial charge in [-0.25, -0.2) is 0 Å². The summed E-state index contributed by atoms with van der Waals surface area (Å²) in [5, 5.41) is 0. The van der Waals surface area contributed by atoms with Crippen molar-refractivity contribution in [3.63, 3.8) is 0 Å². The fourth-order valence-corrected chi connectivity index (χ4v) is 4.70. The van der Waals surface area contributed by atoms with E-state index in [4.69, 9.17) is 0 Å². The number of hydrogen-bond donors (Lipinski definition) is 1. The molecule has 2 aromatic heterocycles. The van der Waals surface area contributed by atoms with Gasteiger partial charge in [0.2, 0.25) is 0 Å². The van der Waals surface area contributed by atoms with Gasteiger partial charge in [0.15, 0.2) is 0 Å². The van der Waals surface area contributed by atoms with Crippen LogP contribution in [0, 0.1) is 0 Å². The van der Waals surface area contributed by atoms with Crippen LogP contribution in [0.5, 0.6) is 0 Å². The average Bonchev–Trinajstić information content (AvgIpc) is 3.40. The summed E-state index contributed by atoms with van der Waals surface area (Å²) >= 11 is 0. The molecule has 1 aromatic carbocycles. The minimum absolute atomic E-state index is 0.464. The van der Waals surface area contributed by atoms with Crippen LogP contribution < -0.4 is 0 Å². The molecule has 154 valence electrons. The molecule has 30 heavy (non-hydrogen) atoms. The van der Waals surface area contributed by atoms with Crippen molar-refractivity contribution in [1.82, 2.24) is 14.9 Å². The Morgan fingerprint density at radius 2 is 1.87 bits per heavy atom. The maximum Gasteiger partial charge on any atom is 0.416 e. The van der Waals surface area contributed by atoms with E-state index in [1.54, 1.807) is 18.5 Å². The van der Waals surface area contributed by atoms with Crippen LogP contribution >= 0.6 is 0 Å². The Kier molecular flexibility index (Phi) is 4.74. The molecule has 4 heterocycles. The van der Waals surface area contributed by atoms with E-state index < -0.39 is 11.7 Å². The van der Waals surface area contributed by atoms with Crippen molar-refractivity contribution < 1.29 is 13.2 Å². The van der Waals surface area contributed by atoms with Gasteiger partial charge in [0.05, 0.1) is 11.3 Å². The van der Waals surface area contributed by atoms with Crippen LogP contribution in [-0.2, 0) is 6.18 Å². The largest absolute Gasteiger partial charge is 0.416 e. The average molecular weight is 409 g/mol. The van der Waals surface area contributed by atoms with Crippen LogP contribution in [-0.4, -0.2) is 34.0 Å². The number of halogens is 3. The third-order valence-electron chi connectivity index (χ3n) is 6.15. The zero-order valence-electron chi connectivity index (χ0n) is 16.4. The smallest absolute Gasteiger partial charge is 0.360 e. The van der Waals surface area contributed by atoms with E-state index in [1.165, 1.54) is 30.5 Å². The highest BCUT2D eigenvalue weighted by Crippen LogP contribution is 2.42. The fraction of sp³-hybridized carbons (Fsp3) is 0.292. The highest BCUT2D eigenvalue weighted by atomic mass is 19.4. The molecule has 0 radical (unpaired) electrons. The summed E-state index contributed by atoms with van der Waals surface area (Å²) in [5.41, 5.74) is 4.81. The second-order valence-electron chi connectivity index (χ2n) is 7.95. The van der Waals surface area contributed by atoms with Crippen molar-refractivity contribution in [2.24, 2.45) is 0 Å². The van der Waals surface area contributed by atoms with Gasteiger partial charge in [0.25, 0.3) is 0 Å². The van der Waals surface area contributed by atoms with Gasteiger partial charge in [-0.05, 0) is 66.8 Å². The van der Waals surface area contributed by atoms with Gasteiger partial charge in [-0.2, -0.15) is 13.2 Å². The summed E-state index contributed by atoms with van der Waals surface area (Å²) in [6, 6.07) is 9.80. The van der Waals surface area contributed by atoms with E-state index in [0.717, 1.165) is 42.3 Å². The minimum atomic E-state index is -4.37. The van der Waals surface area contributed by atoms with E-state index in [0.29, 0.717) is 17.3 Å². The van der Waals surface area contributed by atoms with Crippen molar-refractivity contribution in [1.29, 1.82) is 0 Å². The number of alkyl halides is 3. The monoisotopic (exact) mass is 409 g/mol. The lowest BCUT2D eigenvalue weighted by Crippen LogP contribution is -2.32. The summed E-state index contributed by atoms with van der Waals surface area (Å²) in [7, 11) is 0. The van der Waals surface area contributed by atoms with Crippen LogP contribution in [0.25, 0.3) is 28.0 Å². The van der Waals surface area contributed by atoms with E-state index in [9.17, 15) is 13.2 Å². The first-order valence-electron chi connectivity index (χ1n) is 10.3. The molecule has 0 spiro atoms. The molecule has 5 rings (SSSR count). The van der Waals surface area contributed by atoms with Crippen LogP contribution in [0.15, 0.2) is 61.1 Å². The molecule has 0 bridgehead atoms. The number of aromatic nitrogens is 2. The Morgan fingerprint density at radius 3 is 2.67 bits per heavy atom. The number of nitrogens with one attached hydrogen (secondary N) is 1. The molecule has 0 saturated carbocycles. The topological polar surface area (TPSA) is 31.9 Å². The maximum atomic E-state index is 13.3.